The summed E-state index contributed by atoms with van der Waals surface area (Å²) < 4.78 is 1.71. The lowest BCUT2D eigenvalue weighted by Crippen LogP contribution is -2.42. The maximum absolute atomic E-state index is 13.3. The van der Waals surface area contributed by atoms with Gasteiger partial charge in [-0.05, 0) is 49.7 Å². The number of pyridine rings is 1. The first-order valence-corrected chi connectivity index (χ1v) is 13.1. The Labute approximate surface area is 218 Å². The number of imidazole rings is 1. The third-order valence-electron chi connectivity index (χ3n) is 6.24. The quantitative estimate of drug-likeness (QED) is 0.252. The zero-order valence-electron chi connectivity index (χ0n) is 21.0. The van der Waals surface area contributed by atoms with Gasteiger partial charge in [-0.25, -0.2) is 19.5 Å². The van der Waals surface area contributed by atoms with Crippen LogP contribution in [-0.4, -0.2) is 66.0 Å². The van der Waals surface area contributed by atoms with E-state index >= 15 is 0 Å². The number of aromatic amines is 1. The minimum Gasteiger partial charge on any atom is -0.350 e. The molecule has 10 nitrogen and oxygen atoms in total. The molecular formula is C26H29N9OS. The number of thiophene rings is 1. The number of anilines is 2. The maximum atomic E-state index is 13.3. The van der Waals surface area contributed by atoms with E-state index < -0.39 is 0 Å². The summed E-state index contributed by atoms with van der Waals surface area (Å²) in [6.45, 7) is 8.76. The first kappa shape index (κ1) is 24.6. The molecule has 5 aromatic rings. The van der Waals surface area contributed by atoms with Gasteiger partial charge in [0.25, 0.3) is 5.91 Å². The largest absolute Gasteiger partial charge is 0.350 e. The summed E-state index contributed by atoms with van der Waals surface area (Å²) >= 11 is 1.63. The number of rotatable bonds is 10. The highest BCUT2D eigenvalue weighted by molar-refractivity contribution is 7.13. The molecule has 0 aromatic carbocycles. The number of nitrogens with one attached hydrogen (secondary N) is 3. The van der Waals surface area contributed by atoms with Crippen molar-refractivity contribution in [2.75, 3.05) is 25.0 Å². The zero-order valence-corrected chi connectivity index (χ0v) is 21.8. The number of hydrogen-bond acceptors (Lipinski definition) is 8. The third kappa shape index (κ3) is 5.37. The predicted octanol–water partition coefficient (Wildman–Crippen LogP) is 4.45. The van der Waals surface area contributed by atoms with Gasteiger partial charge in [-0.2, -0.15) is 5.10 Å². The second-order valence-corrected chi connectivity index (χ2v) is 9.53. The molecule has 0 radical (unpaired) electrons. The molecule has 0 aliphatic carbocycles. The maximum Gasteiger partial charge on any atom is 0.251 e. The summed E-state index contributed by atoms with van der Waals surface area (Å²) in [6.07, 6.45) is 6.98. The van der Waals surface area contributed by atoms with E-state index in [0.29, 0.717) is 35.2 Å². The Morgan fingerprint density at radius 3 is 2.78 bits per heavy atom. The molecule has 1 amide bonds. The predicted molar refractivity (Wildman–Crippen MR) is 146 cm³/mol. The lowest BCUT2D eigenvalue weighted by molar-refractivity contribution is 0.0938. The lowest BCUT2D eigenvalue weighted by Gasteiger charge is -2.26. The van der Waals surface area contributed by atoms with Crippen molar-refractivity contribution in [1.82, 2.24) is 39.8 Å². The van der Waals surface area contributed by atoms with Crippen LogP contribution >= 0.6 is 11.3 Å². The van der Waals surface area contributed by atoms with Crippen LogP contribution in [0.2, 0.25) is 0 Å². The number of carbonyl (C=O) groups excluding carboxylic acids is 1. The summed E-state index contributed by atoms with van der Waals surface area (Å²) in [4.78, 5) is 33.5. The van der Waals surface area contributed by atoms with Gasteiger partial charge in [-0.3, -0.25) is 9.69 Å². The van der Waals surface area contributed by atoms with Gasteiger partial charge in [0.15, 0.2) is 5.65 Å². The number of aromatic nitrogens is 6. The molecule has 3 N–H and O–H groups in total. The molecule has 0 fully saturated rings. The Morgan fingerprint density at radius 1 is 1.19 bits per heavy atom. The minimum absolute atomic E-state index is 0.172. The average molecular weight is 516 g/mol. The molecule has 0 bridgehead atoms. The van der Waals surface area contributed by atoms with E-state index in [4.69, 9.17) is 9.97 Å². The number of nitrogens with zero attached hydrogens (tertiary/aromatic N) is 6. The number of amides is 1. The van der Waals surface area contributed by atoms with Gasteiger partial charge in [-0.1, -0.05) is 19.9 Å². The Kier molecular flexibility index (Phi) is 7.24. The van der Waals surface area contributed by atoms with Crippen LogP contribution in [0.4, 0.5) is 11.8 Å². The van der Waals surface area contributed by atoms with Crippen LogP contribution in [0, 0.1) is 0 Å². The third-order valence-corrected chi connectivity index (χ3v) is 7.14. The fraction of sp³-hybridized carbons (Fsp3) is 0.269. The molecule has 0 saturated heterocycles. The normalized spacial score (nSPS) is 12.2. The average Bonchev–Trinajstić information content (AvgIpc) is 3.69. The van der Waals surface area contributed by atoms with E-state index in [-0.39, 0.29) is 11.9 Å². The number of likely N-dealkylation sites (N-methyl/N-ethyl adjacent to an activating group) is 1. The molecule has 0 saturated carbocycles. The first-order chi connectivity index (χ1) is 18.1. The van der Waals surface area contributed by atoms with E-state index in [1.807, 2.05) is 29.8 Å². The van der Waals surface area contributed by atoms with E-state index in [1.54, 1.807) is 46.6 Å². The molecule has 0 aliphatic heterocycles. The highest BCUT2D eigenvalue weighted by Crippen LogP contribution is 2.28. The lowest BCUT2D eigenvalue weighted by atomic mass is 10.1. The van der Waals surface area contributed by atoms with Crippen LogP contribution < -0.4 is 10.6 Å². The van der Waals surface area contributed by atoms with Crippen molar-refractivity contribution < 1.29 is 4.79 Å². The number of hydrogen-bond donors (Lipinski definition) is 3. The van der Waals surface area contributed by atoms with Gasteiger partial charge in [0.2, 0.25) is 5.95 Å². The Bertz CT molecular complexity index is 1470. The summed E-state index contributed by atoms with van der Waals surface area (Å²) in [5.74, 6) is 0.848. The van der Waals surface area contributed by atoms with Crippen LogP contribution in [0.1, 0.15) is 31.1 Å². The molecule has 5 rings (SSSR count). The molecule has 1 atom stereocenters. The smallest absolute Gasteiger partial charge is 0.251 e. The fourth-order valence-corrected chi connectivity index (χ4v) is 4.94. The van der Waals surface area contributed by atoms with Crippen molar-refractivity contribution in [1.29, 1.82) is 0 Å². The number of fused-ring (bicyclic) bond motifs is 1. The van der Waals surface area contributed by atoms with Crippen molar-refractivity contribution in [2.45, 2.75) is 26.8 Å². The summed E-state index contributed by atoms with van der Waals surface area (Å²) in [6, 6.07) is 9.70. The molecule has 0 spiro atoms. The standard InChI is InChI=1S/C26H29N9OS/c1-4-34(5-2)17(3)15-29-25(36)18-13-21(31-23(14-18)33-26-27-9-10-28-26)19-16-30-35-11-8-20(32-24(19)35)22-7-6-12-37-22/h6-14,16-17H,4-5,15H2,1-3H3,(H,29,36)(H2,27,28,31,33). The van der Waals surface area contributed by atoms with E-state index in [0.717, 1.165) is 29.2 Å². The van der Waals surface area contributed by atoms with Crippen LogP contribution in [0.25, 0.3) is 27.5 Å². The van der Waals surface area contributed by atoms with Gasteiger partial charge in [-0.15, -0.1) is 11.3 Å². The summed E-state index contributed by atoms with van der Waals surface area (Å²) in [7, 11) is 0. The summed E-state index contributed by atoms with van der Waals surface area (Å²) in [5.41, 5.74) is 3.32. The Balaban J connectivity index is 1.50. The minimum atomic E-state index is -0.172. The van der Waals surface area contributed by atoms with Gasteiger partial charge in [0, 0.05) is 36.7 Å². The topological polar surface area (TPSA) is 116 Å². The highest BCUT2D eigenvalue weighted by atomic mass is 32.1. The zero-order chi connectivity index (χ0) is 25.8. The van der Waals surface area contributed by atoms with Gasteiger partial charge in [0.1, 0.15) is 5.82 Å². The monoisotopic (exact) mass is 515 g/mol. The molecule has 1 unspecified atom stereocenters. The van der Waals surface area contributed by atoms with E-state index in [1.165, 1.54) is 0 Å². The van der Waals surface area contributed by atoms with Crippen LogP contribution in [-0.2, 0) is 0 Å². The number of carbonyl (C=O) groups is 1. The van der Waals surface area contributed by atoms with Crippen molar-refractivity contribution in [2.24, 2.45) is 0 Å². The molecular weight excluding hydrogens is 486 g/mol. The van der Waals surface area contributed by atoms with Crippen LogP contribution in [0.5, 0.6) is 0 Å². The molecule has 5 heterocycles. The molecule has 190 valence electrons. The molecule has 11 heteroatoms. The Morgan fingerprint density at radius 2 is 2.05 bits per heavy atom. The Hall–Kier alpha value is -4.09. The SMILES string of the molecule is CCN(CC)C(C)CNC(=O)c1cc(Nc2ncc[nH]2)nc(-c2cnn3ccc(-c4cccs4)nc23)c1. The van der Waals surface area contributed by atoms with Crippen LogP contribution in [0.3, 0.4) is 0 Å². The van der Waals surface area contributed by atoms with Crippen molar-refractivity contribution in [3.8, 4) is 21.8 Å². The van der Waals surface area contributed by atoms with Gasteiger partial charge in [0.05, 0.1) is 28.0 Å². The van der Waals surface area contributed by atoms with Crippen LogP contribution in [0.15, 0.2) is 60.5 Å². The summed E-state index contributed by atoms with van der Waals surface area (Å²) in [5, 5.41) is 12.7. The fourth-order valence-electron chi connectivity index (χ4n) is 4.25. The van der Waals surface area contributed by atoms with Crippen molar-refractivity contribution in [3.05, 3.63) is 66.1 Å². The highest BCUT2D eigenvalue weighted by Gasteiger charge is 2.18. The van der Waals surface area contributed by atoms with Crippen molar-refractivity contribution >= 4 is 34.7 Å². The molecule has 0 aliphatic rings. The van der Waals surface area contributed by atoms with Crippen molar-refractivity contribution in [3.63, 3.8) is 0 Å². The van der Waals surface area contributed by atoms with E-state index in [9.17, 15) is 4.79 Å². The second-order valence-electron chi connectivity index (χ2n) is 8.59. The van der Waals surface area contributed by atoms with E-state index in [2.05, 4.69) is 51.4 Å². The molecule has 5 aromatic heterocycles. The first-order valence-electron chi connectivity index (χ1n) is 12.2. The second kappa shape index (κ2) is 10.9. The number of H-pyrrole nitrogens is 1. The van der Waals surface area contributed by atoms with Gasteiger partial charge < -0.3 is 15.6 Å². The van der Waals surface area contributed by atoms with Gasteiger partial charge >= 0.3 is 0 Å². The molecule has 37 heavy (non-hydrogen) atoms.